The van der Waals surface area contributed by atoms with E-state index in [2.05, 4.69) is 4.74 Å². The average Bonchev–Trinajstić information content (AvgIpc) is 2.78. The van der Waals surface area contributed by atoms with Gasteiger partial charge in [-0.25, -0.2) is 22.0 Å². The molecule has 0 saturated heterocycles. The van der Waals surface area contributed by atoms with Crippen LogP contribution < -0.4 is 4.74 Å². The van der Waals surface area contributed by atoms with Gasteiger partial charge in [0.2, 0.25) is 0 Å². The van der Waals surface area contributed by atoms with Gasteiger partial charge < -0.3 is 4.74 Å². The van der Waals surface area contributed by atoms with Gasteiger partial charge in [-0.1, -0.05) is 37.6 Å². The molecule has 4 rings (SSSR count). The molecule has 0 aliphatic rings. The van der Waals surface area contributed by atoms with Crippen molar-refractivity contribution in [3.8, 4) is 28.0 Å². The fourth-order valence-electron chi connectivity index (χ4n) is 3.99. The van der Waals surface area contributed by atoms with E-state index in [1.54, 1.807) is 6.07 Å². The number of hydrogen-bond donors (Lipinski definition) is 0. The predicted octanol–water partition coefficient (Wildman–Crippen LogP) is 8.76. The molecule has 0 N–H and O–H groups in total. The molecule has 0 spiro atoms. The molecule has 0 heterocycles. The third kappa shape index (κ3) is 5.15. The molecular formula is C27H18F8O. The van der Waals surface area contributed by atoms with Crippen LogP contribution in [0.25, 0.3) is 33.0 Å². The van der Waals surface area contributed by atoms with E-state index in [9.17, 15) is 26.3 Å². The largest absolute Gasteiger partial charge is 0.478 e. The van der Waals surface area contributed by atoms with Crippen LogP contribution in [0.4, 0.5) is 35.1 Å². The highest BCUT2D eigenvalue weighted by Gasteiger charge is 2.30. The fourth-order valence-corrected chi connectivity index (χ4v) is 3.99. The number of fused-ring (bicyclic) bond motifs is 1. The molecule has 0 bridgehead atoms. The minimum absolute atomic E-state index is 0.00763. The van der Waals surface area contributed by atoms with Crippen LogP contribution in [0.15, 0.2) is 54.6 Å². The average molecular weight is 510 g/mol. The lowest BCUT2D eigenvalue weighted by molar-refractivity contribution is -0.154. The predicted molar refractivity (Wildman–Crippen MR) is 120 cm³/mol. The lowest BCUT2D eigenvalue weighted by Crippen LogP contribution is -2.20. The van der Waals surface area contributed by atoms with Crippen molar-refractivity contribution in [2.24, 2.45) is 0 Å². The van der Waals surface area contributed by atoms with E-state index in [-0.39, 0.29) is 27.5 Å². The van der Waals surface area contributed by atoms with E-state index in [1.165, 1.54) is 12.1 Å². The normalized spacial score (nSPS) is 11.8. The van der Waals surface area contributed by atoms with Crippen LogP contribution in [0.5, 0.6) is 5.75 Å². The molecule has 0 aliphatic carbocycles. The minimum Gasteiger partial charge on any atom is -0.478 e. The van der Waals surface area contributed by atoms with Gasteiger partial charge in [-0.2, -0.15) is 13.2 Å². The minimum atomic E-state index is -4.81. The number of rotatable bonds is 6. The van der Waals surface area contributed by atoms with E-state index in [4.69, 9.17) is 0 Å². The first-order chi connectivity index (χ1) is 17.0. The van der Waals surface area contributed by atoms with Crippen molar-refractivity contribution in [3.05, 3.63) is 89.2 Å². The summed E-state index contributed by atoms with van der Waals surface area (Å²) in [6.07, 6.45) is -3.35. The first-order valence-electron chi connectivity index (χ1n) is 10.9. The van der Waals surface area contributed by atoms with Crippen molar-refractivity contribution in [1.82, 2.24) is 0 Å². The maximum Gasteiger partial charge on any atom is 0.422 e. The molecule has 9 heteroatoms. The second-order valence-corrected chi connectivity index (χ2v) is 8.22. The SMILES string of the molecule is CCCc1ccc(-c2cc(F)c(-c3ccc4c(F)c(OCC(F)(F)F)c(F)cc4c3)c(F)c2)c(F)c1. The van der Waals surface area contributed by atoms with E-state index in [0.29, 0.717) is 12.5 Å². The van der Waals surface area contributed by atoms with Crippen LogP contribution in [0.1, 0.15) is 18.9 Å². The molecule has 0 atom stereocenters. The van der Waals surface area contributed by atoms with E-state index in [0.717, 1.165) is 42.3 Å². The summed E-state index contributed by atoms with van der Waals surface area (Å²) in [5.41, 5.74) is 0.137. The van der Waals surface area contributed by atoms with Crippen LogP contribution >= 0.6 is 0 Å². The van der Waals surface area contributed by atoms with Gasteiger partial charge in [0.15, 0.2) is 24.0 Å². The maximum absolute atomic E-state index is 15.0. The number of halogens is 8. The van der Waals surface area contributed by atoms with Crippen molar-refractivity contribution in [1.29, 1.82) is 0 Å². The third-order valence-corrected chi connectivity index (χ3v) is 5.58. The maximum atomic E-state index is 15.0. The number of aryl methyl sites for hydroxylation is 1. The highest BCUT2D eigenvalue weighted by molar-refractivity contribution is 5.89. The molecule has 4 aromatic carbocycles. The van der Waals surface area contributed by atoms with Crippen LogP contribution in [0.2, 0.25) is 0 Å². The van der Waals surface area contributed by atoms with Crippen molar-refractivity contribution in [2.45, 2.75) is 25.9 Å². The summed E-state index contributed by atoms with van der Waals surface area (Å²) in [6, 6.07) is 10.3. The van der Waals surface area contributed by atoms with E-state index in [1.807, 2.05) is 6.92 Å². The van der Waals surface area contributed by atoms with Crippen LogP contribution in [-0.2, 0) is 6.42 Å². The van der Waals surface area contributed by atoms with Gasteiger partial charge >= 0.3 is 6.18 Å². The molecule has 4 aromatic rings. The Bertz CT molecular complexity index is 1420. The van der Waals surface area contributed by atoms with Gasteiger partial charge in [0.25, 0.3) is 0 Å². The Morgan fingerprint density at radius 2 is 1.42 bits per heavy atom. The highest BCUT2D eigenvalue weighted by Crippen LogP contribution is 2.36. The molecular weight excluding hydrogens is 492 g/mol. The zero-order chi connectivity index (χ0) is 26.2. The Kier molecular flexibility index (Phi) is 6.93. The Balaban J connectivity index is 1.73. The molecule has 0 amide bonds. The van der Waals surface area contributed by atoms with Gasteiger partial charge in [-0.3, -0.25) is 0 Å². The highest BCUT2D eigenvalue weighted by atomic mass is 19.4. The molecule has 0 aliphatic heterocycles. The summed E-state index contributed by atoms with van der Waals surface area (Å²) in [7, 11) is 0. The molecule has 1 nitrogen and oxygen atoms in total. The molecule has 0 unspecified atom stereocenters. The van der Waals surface area contributed by atoms with E-state index >= 15 is 8.78 Å². The summed E-state index contributed by atoms with van der Waals surface area (Å²) in [4.78, 5) is 0. The molecule has 0 radical (unpaired) electrons. The summed E-state index contributed by atoms with van der Waals surface area (Å²) >= 11 is 0. The van der Waals surface area contributed by atoms with Gasteiger partial charge in [-0.15, -0.1) is 0 Å². The zero-order valence-electron chi connectivity index (χ0n) is 18.7. The smallest absolute Gasteiger partial charge is 0.422 e. The van der Waals surface area contributed by atoms with Crippen molar-refractivity contribution < 1.29 is 39.9 Å². The Morgan fingerprint density at radius 1 is 0.722 bits per heavy atom. The topological polar surface area (TPSA) is 9.23 Å². The van der Waals surface area contributed by atoms with E-state index < -0.39 is 53.2 Å². The zero-order valence-corrected chi connectivity index (χ0v) is 18.7. The lowest BCUT2D eigenvalue weighted by atomic mass is 9.96. The summed E-state index contributed by atoms with van der Waals surface area (Å²) < 4.78 is 115. The summed E-state index contributed by atoms with van der Waals surface area (Å²) in [6.45, 7) is 0.0423. The summed E-state index contributed by atoms with van der Waals surface area (Å²) in [5.74, 6) is -6.69. The first-order valence-corrected chi connectivity index (χ1v) is 10.9. The molecule has 0 fully saturated rings. The second kappa shape index (κ2) is 9.79. The standard InChI is InChI=1S/C27H18F8O/c1-2-3-14-4-6-18(20(28)8-14)17-10-21(29)24(22(30)11-17)15-5-7-19-16(9-15)12-23(31)26(25(19)32)36-13-27(33,34)35/h4-12H,2-3,13H2,1H3. The van der Waals surface area contributed by atoms with Crippen LogP contribution in [0.3, 0.4) is 0 Å². The number of hydrogen-bond acceptors (Lipinski definition) is 1. The first kappa shape index (κ1) is 25.5. The Labute approximate surface area is 200 Å². The van der Waals surface area contributed by atoms with Gasteiger partial charge in [0, 0.05) is 10.9 Å². The second-order valence-electron chi connectivity index (χ2n) is 8.22. The van der Waals surface area contributed by atoms with Crippen LogP contribution in [-0.4, -0.2) is 12.8 Å². The van der Waals surface area contributed by atoms with Gasteiger partial charge in [-0.05, 0) is 58.8 Å². The molecule has 188 valence electrons. The van der Waals surface area contributed by atoms with Crippen LogP contribution in [0, 0.1) is 29.1 Å². The lowest BCUT2D eigenvalue weighted by Gasteiger charge is -2.14. The quantitative estimate of drug-likeness (QED) is 0.236. The number of alkyl halides is 3. The van der Waals surface area contributed by atoms with Gasteiger partial charge in [0.05, 0.1) is 5.56 Å². The molecule has 0 aromatic heterocycles. The number of ether oxygens (including phenoxy) is 1. The Morgan fingerprint density at radius 3 is 2.03 bits per heavy atom. The summed E-state index contributed by atoms with van der Waals surface area (Å²) in [5, 5.41) is -0.453. The Hall–Kier alpha value is -3.62. The molecule has 0 saturated carbocycles. The monoisotopic (exact) mass is 510 g/mol. The fraction of sp³-hybridized carbons (Fsp3) is 0.185. The van der Waals surface area contributed by atoms with Crippen molar-refractivity contribution in [3.63, 3.8) is 0 Å². The molecule has 36 heavy (non-hydrogen) atoms. The van der Waals surface area contributed by atoms with Crippen molar-refractivity contribution in [2.75, 3.05) is 6.61 Å². The third-order valence-electron chi connectivity index (χ3n) is 5.58. The van der Waals surface area contributed by atoms with Gasteiger partial charge in [0.1, 0.15) is 17.5 Å². The van der Waals surface area contributed by atoms with Crippen molar-refractivity contribution >= 4 is 10.8 Å². The number of benzene rings is 4.